The van der Waals surface area contributed by atoms with Crippen LogP contribution in [0.5, 0.6) is 5.75 Å². The Morgan fingerprint density at radius 2 is 1.53 bits per heavy atom. The van der Waals surface area contributed by atoms with Gasteiger partial charge in [-0.3, -0.25) is 9.36 Å². The Bertz CT molecular complexity index is 1960. The predicted octanol–water partition coefficient (Wildman–Crippen LogP) is 7.05. The van der Waals surface area contributed by atoms with E-state index in [4.69, 9.17) is 9.72 Å². The van der Waals surface area contributed by atoms with Crippen LogP contribution in [0.25, 0.3) is 27.7 Å². The monoisotopic (exact) mass is 595 g/mol. The Morgan fingerprint density at radius 1 is 0.884 bits per heavy atom. The van der Waals surface area contributed by atoms with Crippen molar-refractivity contribution in [2.45, 2.75) is 51.0 Å². The highest BCUT2D eigenvalue weighted by Gasteiger charge is 2.30. The van der Waals surface area contributed by atoms with Gasteiger partial charge in [0, 0.05) is 7.05 Å². The van der Waals surface area contributed by atoms with Crippen molar-refractivity contribution in [1.29, 1.82) is 0 Å². The largest absolute Gasteiger partial charge is 0.497 e. The van der Waals surface area contributed by atoms with Crippen LogP contribution >= 0.6 is 0 Å². The summed E-state index contributed by atoms with van der Waals surface area (Å²) < 4.78 is 35.8. The molecule has 43 heavy (non-hydrogen) atoms. The van der Waals surface area contributed by atoms with Crippen molar-refractivity contribution in [2.24, 2.45) is 0 Å². The lowest BCUT2D eigenvalue weighted by Gasteiger charge is -2.27. The van der Waals surface area contributed by atoms with E-state index in [2.05, 4.69) is 20.8 Å². The van der Waals surface area contributed by atoms with E-state index >= 15 is 0 Å². The molecule has 1 atom stereocenters. The molecule has 0 aliphatic heterocycles. The fraction of sp³-hybridized carbons (Fsp3) is 0.257. The van der Waals surface area contributed by atoms with Gasteiger partial charge in [-0.25, -0.2) is 13.4 Å². The molecule has 7 nitrogen and oxygen atoms in total. The molecule has 1 aromatic heterocycles. The number of rotatable bonds is 7. The number of hydrogen-bond acceptors (Lipinski definition) is 5. The Labute approximate surface area is 253 Å². The first kappa shape index (κ1) is 30.2. The first-order chi connectivity index (χ1) is 20.3. The molecule has 0 radical (unpaired) electrons. The van der Waals surface area contributed by atoms with Crippen molar-refractivity contribution < 1.29 is 13.2 Å². The summed E-state index contributed by atoms with van der Waals surface area (Å²) in [6.45, 7) is 9.98. The standard InChI is InChI=1S/C35H37N3O4S/c1-23-11-16-28(17-12-23)38-33(24(2)37(6)43(40,41)30-18-14-27(15-19-30)35(3,4)5)36-32-20-13-26(22-31(32)34(38)39)25-9-8-10-29(21-25)42-7/h8-22,24H,1-7H3. The van der Waals surface area contributed by atoms with Crippen LogP contribution < -0.4 is 10.3 Å². The fourth-order valence-corrected chi connectivity index (χ4v) is 6.40. The van der Waals surface area contributed by atoms with E-state index in [0.717, 1.165) is 22.3 Å². The molecule has 0 N–H and O–H groups in total. The van der Waals surface area contributed by atoms with E-state index in [1.165, 1.54) is 15.9 Å². The number of fused-ring (bicyclic) bond motifs is 1. The summed E-state index contributed by atoms with van der Waals surface area (Å²) in [6.07, 6.45) is 0. The molecule has 0 bridgehead atoms. The molecule has 0 aliphatic rings. The summed E-state index contributed by atoms with van der Waals surface area (Å²) in [4.78, 5) is 19.3. The van der Waals surface area contributed by atoms with Crippen LogP contribution in [-0.4, -0.2) is 36.4 Å². The van der Waals surface area contributed by atoms with Gasteiger partial charge in [-0.05, 0) is 84.5 Å². The molecule has 1 unspecified atom stereocenters. The Balaban J connectivity index is 1.65. The van der Waals surface area contributed by atoms with Crippen LogP contribution in [0.4, 0.5) is 0 Å². The lowest BCUT2D eigenvalue weighted by Crippen LogP contribution is -2.35. The number of ether oxygens (including phenoxy) is 1. The summed E-state index contributed by atoms with van der Waals surface area (Å²) >= 11 is 0. The third-order valence-electron chi connectivity index (χ3n) is 7.91. The zero-order valence-electron chi connectivity index (χ0n) is 25.6. The SMILES string of the molecule is COc1cccc(-c2ccc3nc(C(C)N(C)S(=O)(=O)c4ccc(C(C)(C)C)cc4)n(-c4ccc(C)cc4)c(=O)c3c2)c1. The van der Waals surface area contributed by atoms with E-state index < -0.39 is 16.1 Å². The van der Waals surface area contributed by atoms with Gasteiger partial charge in [-0.1, -0.05) is 68.8 Å². The Hall–Kier alpha value is -4.27. The zero-order valence-corrected chi connectivity index (χ0v) is 26.4. The molecule has 5 aromatic rings. The quantitative estimate of drug-likeness (QED) is 0.201. The highest BCUT2D eigenvalue weighted by molar-refractivity contribution is 7.89. The van der Waals surface area contributed by atoms with Gasteiger partial charge >= 0.3 is 0 Å². The first-order valence-corrected chi connectivity index (χ1v) is 15.6. The van der Waals surface area contributed by atoms with Crippen molar-refractivity contribution in [3.63, 3.8) is 0 Å². The molecule has 222 valence electrons. The summed E-state index contributed by atoms with van der Waals surface area (Å²) in [5.41, 5.74) is 4.55. The number of aryl methyl sites for hydroxylation is 1. The van der Waals surface area contributed by atoms with Gasteiger partial charge in [-0.15, -0.1) is 0 Å². The highest BCUT2D eigenvalue weighted by atomic mass is 32.2. The topological polar surface area (TPSA) is 81.5 Å². The summed E-state index contributed by atoms with van der Waals surface area (Å²) in [6, 6.07) is 27.0. The lowest BCUT2D eigenvalue weighted by atomic mass is 9.87. The van der Waals surface area contributed by atoms with Gasteiger partial charge in [0.15, 0.2) is 0 Å². The fourth-order valence-electron chi connectivity index (χ4n) is 5.07. The van der Waals surface area contributed by atoms with Crippen molar-refractivity contribution in [3.05, 3.63) is 118 Å². The summed E-state index contributed by atoms with van der Waals surface area (Å²) in [5, 5.41) is 0.431. The number of methoxy groups -OCH3 is 1. The van der Waals surface area contributed by atoms with Crippen molar-refractivity contribution >= 4 is 20.9 Å². The molecule has 0 saturated heterocycles. The van der Waals surface area contributed by atoms with Gasteiger partial charge in [0.05, 0.1) is 34.6 Å². The molecular weight excluding hydrogens is 558 g/mol. The third kappa shape index (κ3) is 5.85. The molecule has 0 aliphatic carbocycles. The molecule has 0 amide bonds. The number of hydrogen-bond donors (Lipinski definition) is 0. The smallest absolute Gasteiger partial charge is 0.266 e. The second-order valence-corrected chi connectivity index (χ2v) is 13.9. The van der Waals surface area contributed by atoms with Crippen molar-refractivity contribution in [1.82, 2.24) is 13.9 Å². The van der Waals surface area contributed by atoms with Gasteiger partial charge in [0.1, 0.15) is 11.6 Å². The minimum Gasteiger partial charge on any atom is -0.497 e. The maximum absolute atomic E-state index is 14.2. The number of benzene rings is 4. The lowest BCUT2D eigenvalue weighted by molar-refractivity contribution is 0.379. The number of sulfonamides is 1. The van der Waals surface area contributed by atoms with E-state index in [1.54, 1.807) is 32.2 Å². The van der Waals surface area contributed by atoms with Crippen molar-refractivity contribution in [2.75, 3.05) is 14.2 Å². The van der Waals surface area contributed by atoms with E-state index in [-0.39, 0.29) is 15.9 Å². The van der Waals surface area contributed by atoms with E-state index in [1.807, 2.05) is 79.7 Å². The van der Waals surface area contributed by atoms with Crippen molar-refractivity contribution in [3.8, 4) is 22.6 Å². The number of nitrogens with zero attached hydrogens (tertiary/aromatic N) is 3. The molecule has 0 saturated carbocycles. The van der Waals surface area contributed by atoms with Gasteiger partial charge in [-0.2, -0.15) is 4.31 Å². The first-order valence-electron chi connectivity index (χ1n) is 14.2. The molecule has 4 aromatic carbocycles. The summed E-state index contributed by atoms with van der Waals surface area (Å²) in [5.74, 6) is 1.04. The number of aromatic nitrogens is 2. The van der Waals surface area contributed by atoms with E-state index in [9.17, 15) is 13.2 Å². The minimum atomic E-state index is -3.90. The second-order valence-electron chi connectivity index (χ2n) is 11.9. The molecule has 0 spiro atoms. The second kappa shape index (κ2) is 11.4. The van der Waals surface area contributed by atoms with Gasteiger partial charge < -0.3 is 4.74 Å². The molecule has 1 heterocycles. The highest BCUT2D eigenvalue weighted by Crippen LogP contribution is 2.31. The zero-order chi connectivity index (χ0) is 31.1. The molecule has 0 fully saturated rings. The predicted molar refractivity (Wildman–Crippen MR) is 173 cm³/mol. The molecule has 5 rings (SSSR count). The van der Waals surface area contributed by atoms with Crippen LogP contribution in [0.2, 0.25) is 0 Å². The van der Waals surface area contributed by atoms with Gasteiger partial charge in [0.2, 0.25) is 10.0 Å². The third-order valence-corrected chi connectivity index (χ3v) is 9.85. The average Bonchev–Trinajstić information content (AvgIpc) is 3.00. The maximum atomic E-state index is 14.2. The van der Waals surface area contributed by atoms with Crippen LogP contribution in [0.3, 0.4) is 0 Å². The summed E-state index contributed by atoms with van der Waals surface area (Å²) in [7, 11) is -0.761. The molecule has 8 heteroatoms. The normalized spacial score (nSPS) is 12.9. The molecular formula is C35H37N3O4S. The van der Waals surface area contributed by atoms with E-state index in [0.29, 0.717) is 28.2 Å². The van der Waals surface area contributed by atoms with Crippen LogP contribution in [0, 0.1) is 6.92 Å². The van der Waals surface area contributed by atoms with Crippen LogP contribution in [-0.2, 0) is 15.4 Å². The average molecular weight is 596 g/mol. The van der Waals surface area contributed by atoms with Crippen LogP contribution in [0.15, 0.2) is 101 Å². The minimum absolute atomic E-state index is 0.104. The Morgan fingerprint density at radius 3 is 2.16 bits per heavy atom. The maximum Gasteiger partial charge on any atom is 0.266 e. The van der Waals surface area contributed by atoms with Gasteiger partial charge in [0.25, 0.3) is 5.56 Å². The van der Waals surface area contributed by atoms with Crippen LogP contribution in [0.1, 0.15) is 50.7 Å². The Kier molecular flexibility index (Phi) is 8.03.